The van der Waals surface area contributed by atoms with Crippen molar-refractivity contribution >= 4 is 5.91 Å². The number of amides is 1. The summed E-state index contributed by atoms with van der Waals surface area (Å²) in [4.78, 5) is 13.6. The number of aliphatic hydroxyl groups is 1. The molecule has 4 unspecified atom stereocenters. The molecule has 6 heteroatoms. The summed E-state index contributed by atoms with van der Waals surface area (Å²) in [7, 11) is 0. The Morgan fingerprint density at radius 1 is 1.56 bits per heavy atom. The third-order valence-electron chi connectivity index (χ3n) is 4.00. The number of hydrogen-bond acceptors (Lipinski definition) is 5. The standard InChI is InChI=1S/C12H23N3O3/c1-8(16)9-4-5-15(6-9)7-10-2-3-11(18-10)12(17)14-13/h8-11,16H,2-7,13H2,1H3,(H,14,17). The molecule has 18 heavy (non-hydrogen) atoms. The Hall–Kier alpha value is -0.690. The normalized spacial score (nSPS) is 34.7. The van der Waals surface area contributed by atoms with E-state index in [2.05, 4.69) is 10.3 Å². The Labute approximate surface area is 107 Å². The first kappa shape index (κ1) is 13.7. The molecule has 2 rings (SSSR count). The number of nitrogens with zero attached hydrogens (tertiary/aromatic N) is 1. The molecule has 6 nitrogen and oxygen atoms in total. The van der Waals surface area contributed by atoms with E-state index < -0.39 is 6.10 Å². The van der Waals surface area contributed by atoms with E-state index in [-0.39, 0.29) is 18.1 Å². The predicted octanol–water partition coefficient (Wildman–Crippen LogP) is -0.773. The Morgan fingerprint density at radius 3 is 2.94 bits per heavy atom. The van der Waals surface area contributed by atoms with Crippen LogP contribution in [0, 0.1) is 5.92 Å². The number of hydrogen-bond donors (Lipinski definition) is 3. The number of nitrogens with two attached hydrogens (primary N) is 1. The molecule has 0 aromatic rings. The minimum Gasteiger partial charge on any atom is -0.393 e. The highest BCUT2D eigenvalue weighted by Gasteiger charge is 2.33. The highest BCUT2D eigenvalue weighted by molar-refractivity contribution is 5.80. The number of ether oxygens (including phenoxy) is 1. The number of carbonyl (C=O) groups is 1. The maximum atomic E-state index is 11.3. The monoisotopic (exact) mass is 257 g/mol. The van der Waals surface area contributed by atoms with E-state index in [0.717, 1.165) is 38.9 Å². The third-order valence-corrected chi connectivity index (χ3v) is 4.00. The van der Waals surface area contributed by atoms with Crippen LogP contribution in [0.25, 0.3) is 0 Å². The van der Waals surface area contributed by atoms with Crippen LogP contribution in [-0.4, -0.2) is 53.9 Å². The van der Waals surface area contributed by atoms with Crippen LogP contribution >= 0.6 is 0 Å². The lowest BCUT2D eigenvalue weighted by Gasteiger charge is -2.21. The lowest BCUT2D eigenvalue weighted by molar-refractivity contribution is -0.132. The van der Waals surface area contributed by atoms with Gasteiger partial charge in [0.25, 0.3) is 5.91 Å². The maximum Gasteiger partial charge on any atom is 0.263 e. The molecule has 4 atom stereocenters. The number of rotatable bonds is 4. The van der Waals surface area contributed by atoms with Crippen LogP contribution in [0.5, 0.6) is 0 Å². The zero-order valence-corrected chi connectivity index (χ0v) is 10.8. The molecule has 2 aliphatic rings. The van der Waals surface area contributed by atoms with Crippen LogP contribution in [0.3, 0.4) is 0 Å². The molecule has 1 amide bonds. The topological polar surface area (TPSA) is 87.8 Å². The first-order valence-electron chi connectivity index (χ1n) is 6.66. The van der Waals surface area contributed by atoms with Gasteiger partial charge in [0.2, 0.25) is 0 Å². The summed E-state index contributed by atoms with van der Waals surface area (Å²) in [5.74, 6) is 5.23. The molecular formula is C12H23N3O3. The van der Waals surface area contributed by atoms with E-state index >= 15 is 0 Å². The van der Waals surface area contributed by atoms with Gasteiger partial charge in [-0.2, -0.15) is 0 Å². The summed E-state index contributed by atoms with van der Waals surface area (Å²) >= 11 is 0. The van der Waals surface area contributed by atoms with Crippen molar-refractivity contribution in [2.45, 2.75) is 44.5 Å². The largest absolute Gasteiger partial charge is 0.393 e. The van der Waals surface area contributed by atoms with Crippen LogP contribution in [0.4, 0.5) is 0 Å². The quantitative estimate of drug-likeness (QED) is 0.349. The molecule has 0 aliphatic carbocycles. The van der Waals surface area contributed by atoms with Crippen LogP contribution in [0.15, 0.2) is 0 Å². The van der Waals surface area contributed by atoms with Crippen LogP contribution in [0.1, 0.15) is 26.2 Å². The molecule has 2 heterocycles. The summed E-state index contributed by atoms with van der Waals surface area (Å²) in [5, 5.41) is 9.55. The van der Waals surface area contributed by atoms with Crippen molar-refractivity contribution in [1.82, 2.24) is 10.3 Å². The van der Waals surface area contributed by atoms with E-state index in [1.165, 1.54) is 0 Å². The van der Waals surface area contributed by atoms with Crippen molar-refractivity contribution < 1.29 is 14.6 Å². The van der Waals surface area contributed by atoms with Crippen molar-refractivity contribution in [3.05, 3.63) is 0 Å². The molecule has 2 fully saturated rings. The number of likely N-dealkylation sites (tertiary alicyclic amines) is 1. The summed E-state index contributed by atoms with van der Waals surface area (Å²) in [5.41, 5.74) is 2.13. The van der Waals surface area contributed by atoms with Gasteiger partial charge in [-0.3, -0.25) is 10.2 Å². The number of nitrogens with one attached hydrogen (secondary N) is 1. The van der Waals surface area contributed by atoms with E-state index in [1.807, 2.05) is 6.92 Å². The summed E-state index contributed by atoms with van der Waals surface area (Å²) < 4.78 is 5.68. The molecule has 0 spiro atoms. The minimum absolute atomic E-state index is 0.111. The zero-order valence-electron chi connectivity index (χ0n) is 10.8. The molecule has 2 aliphatic heterocycles. The molecule has 0 radical (unpaired) electrons. The first-order chi connectivity index (χ1) is 8.60. The van der Waals surface area contributed by atoms with Gasteiger partial charge in [-0.1, -0.05) is 0 Å². The number of carbonyl (C=O) groups excluding carboxylic acids is 1. The second kappa shape index (κ2) is 5.97. The Morgan fingerprint density at radius 2 is 2.33 bits per heavy atom. The molecule has 2 saturated heterocycles. The summed E-state index contributed by atoms with van der Waals surface area (Å²) in [6.07, 6.45) is 2.15. The van der Waals surface area contributed by atoms with E-state index in [4.69, 9.17) is 10.6 Å². The highest BCUT2D eigenvalue weighted by atomic mass is 16.5. The van der Waals surface area contributed by atoms with E-state index in [9.17, 15) is 9.90 Å². The van der Waals surface area contributed by atoms with Crippen LogP contribution < -0.4 is 11.3 Å². The molecule has 0 saturated carbocycles. The molecular weight excluding hydrogens is 234 g/mol. The van der Waals surface area contributed by atoms with E-state index in [1.54, 1.807) is 0 Å². The van der Waals surface area contributed by atoms with Crippen LogP contribution in [0.2, 0.25) is 0 Å². The lowest BCUT2D eigenvalue weighted by atomic mass is 10.0. The smallest absolute Gasteiger partial charge is 0.263 e. The fraction of sp³-hybridized carbons (Fsp3) is 0.917. The Kier molecular flexibility index (Phi) is 4.55. The van der Waals surface area contributed by atoms with E-state index in [0.29, 0.717) is 5.92 Å². The third kappa shape index (κ3) is 3.20. The van der Waals surface area contributed by atoms with Gasteiger partial charge < -0.3 is 14.7 Å². The molecule has 104 valence electrons. The van der Waals surface area contributed by atoms with Crippen molar-refractivity contribution in [2.24, 2.45) is 11.8 Å². The average Bonchev–Trinajstić information content (AvgIpc) is 2.98. The number of hydrazine groups is 1. The maximum absolute atomic E-state index is 11.3. The number of aliphatic hydroxyl groups excluding tert-OH is 1. The molecule has 4 N–H and O–H groups in total. The van der Waals surface area contributed by atoms with Crippen LogP contribution in [-0.2, 0) is 9.53 Å². The fourth-order valence-electron chi connectivity index (χ4n) is 2.84. The van der Waals surface area contributed by atoms with Gasteiger partial charge in [0.05, 0.1) is 12.2 Å². The molecule has 0 aromatic carbocycles. The zero-order chi connectivity index (χ0) is 13.1. The Balaban J connectivity index is 1.74. The van der Waals surface area contributed by atoms with Gasteiger partial charge in [0, 0.05) is 13.1 Å². The second-order valence-electron chi connectivity index (χ2n) is 5.38. The van der Waals surface area contributed by atoms with Crippen molar-refractivity contribution in [2.75, 3.05) is 19.6 Å². The highest BCUT2D eigenvalue weighted by Crippen LogP contribution is 2.24. The predicted molar refractivity (Wildman–Crippen MR) is 66.5 cm³/mol. The van der Waals surface area contributed by atoms with Crippen molar-refractivity contribution in [1.29, 1.82) is 0 Å². The lowest BCUT2D eigenvalue weighted by Crippen LogP contribution is -2.40. The summed E-state index contributed by atoms with van der Waals surface area (Å²) in [6.45, 7) is 4.62. The van der Waals surface area contributed by atoms with Crippen molar-refractivity contribution in [3.63, 3.8) is 0 Å². The van der Waals surface area contributed by atoms with Crippen molar-refractivity contribution in [3.8, 4) is 0 Å². The van der Waals surface area contributed by atoms with Gasteiger partial charge >= 0.3 is 0 Å². The first-order valence-corrected chi connectivity index (χ1v) is 6.66. The average molecular weight is 257 g/mol. The van der Waals surface area contributed by atoms with Gasteiger partial charge in [-0.15, -0.1) is 0 Å². The summed E-state index contributed by atoms with van der Waals surface area (Å²) in [6, 6.07) is 0. The molecule has 0 bridgehead atoms. The van der Waals surface area contributed by atoms with Gasteiger partial charge in [-0.05, 0) is 38.6 Å². The van der Waals surface area contributed by atoms with Gasteiger partial charge in [-0.25, -0.2) is 5.84 Å². The van der Waals surface area contributed by atoms with Gasteiger partial charge in [0.1, 0.15) is 6.10 Å². The second-order valence-corrected chi connectivity index (χ2v) is 5.38. The SMILES string of the molecule is CC(O)C1CCN(CC2CCC(C(=O)NN)O2)C1. The van der Waals surface area contributed by atoms with Gasteiger partial charge in [0.15, 0.2) is 0 Å². The fourth-order valence-corrected chi connectivity index (χ4v) is 2.84. The minimum atomic E-state index is -0.393. The molecule has 0 aromatic heterocycles. The Bertz CT molecular complexity index is 298.